The Labute approximate surface area is 112 Å². The van der Waals surface area contributed by atoms with Gasteiger partial charge in [0, 0.05) is 18.5 Å². The Bertz CT molecular complexity index is 565. The van der Waals surface area contributed by atoms with E-state index in [2.05, 4.69) is 0 Å². The Morgan fingerprint density at radius 1 is 1.26 bits per heavy atom. The molecule has 104 valence electrons. The summed E-state index contributed by atoms with van der Waals surface area (Å²) < 4.78 is 22.8. The molecule has 1 aromatic rings. The molecule has 1 heterocycles. The van der Waals surface area contributed by atoms with Gasteiger partial charge in [0.2, 0.25) is 0 Å². The highest BCUT2D eigenvalue weighted by Crippen LogP contribution is 2.26. The first kappa shape index (κ1) is 13.9. The molecule has 1 saturated heterocycles. The summed E-state index contributed by atoms with van der Waals surface area (Å²) in [6.07, 6.45) is 3.65. The molecule has 6 heteroatoms. The fourth-order valence-electron chi connectivity index (χ4n) is 2.38. The number of carboxylic acid groups (broad SMARTS) is 1. The summed E-state index contributed by atoms with van der Waals surface area (Å²) in [4.78, 5) is 13.3. The zero-order valence-electron chi connectivity index (χ0n) is 10.7. The summed E-state index contributed by atoms with van der Waals surface area (Å²) in [6, 6.07) is 5.89. The predicted molar refractivity (Wildman–Crippen MR) is 72.2 cm³/mol. The van der Waals surface area contributed by atoms with E-state index in [-0.39, 0.29) is 4.90 Å². The van der Waals surface area contributed by atoms with Gasteiger partial charge in [0.25, 0.3) is 0 Å². The van der Waals surface area contributed by atoms with Crippen LogP contribution < -0.4 is 4.90 Å². The summed E-state index contributed by atoms with van der Waals surface area (Å²) >= 11 is 0. The lowest BCUT2D eigenvalue weighted by molar-refractivity contribution is -0.139. The molecule has 1 aliphatic heterocycles. The van der Waals surface area contributed by atoms with E-state index in [9.17, 15) is 18.3 Å². The SMILES string of the molecule is CS(=O)(=O)c1ccc(N2CCCCC2C(=O)O)cc1. The van der Waals surface area contributed by atoms with Crippen LogP contribution in [0, 0.1) is 0 Å². The monoisotopic (exact) mass is 283 g/mol. The van der Waals surface area contributed by atoms with E-state index in [1.807, 2.05) is 4.90 Å². The Balaban J connectivity index is 2.28. The quantitative estimate of drug-likeness (QED) is 0.910. The zero-order valence-corrected chi connectivity index (χ0v) is 11.6. The third-order valence-electron chi connectivity index (χ3n) is 3.38. The highest BCUT2D eigenvalue weighted by molar-refractivity contribution is 7.90. The first-order chi connectivity index (χ1) is 8.89. The molecule has 1 aromatic carbocycles. The second kappa shape index (κ2) is 5.21. The van der Waals surface area contributed by atoms with Crippen molar-refractivity contribution in [1.29, 1.82) is 0 Å². The van der Waals surface area contributed by atoms with Crippen LogP contribution in [0.1, 0.15) is 19.3 Å². The minimum Gasteiger partial charge on any atom is -0.480 e. The number of nitrogens with zero attached hydrogens (tertiary/aromatic N) is 1. The molecule has 1 atom stereocenters. The normalized spacial score (nSPS) is 20.3. The van der Waals surface area contributed by atoms with E-state index in [0.29, 0.717) is 13.0 Å². The van der Waals surface area contributed by atoms with Gasteiger partial charge in [-0.05, 0) is 43.5 Å². The van der Waals surface area contributed by atoms with Crippen molar-refractivity contribution < 1.29 is 18.3 Å². The van der Waals surface area contributed by atoms with E-state index in [1.54, 1.807) is 12.1 Å². The molecular weight excluding hydrogens is 266 g/mol. The average Bonchev–Trinajstić information content (AvgIpc) is 2.38. The molecule has 0 amide bonds. The summed E-state index contributed by atoms with van der Waals surface area (Å²) in [7, 11) is -3.22. The molecule has 0 bridgehead atoms. The molecule has 5 nitrogen and oxygen atoms in total. The van der Waals surface area contributed by atoms with Gasteiger partial charge in [-0.15, -0.1) is 0 Å². The van der Waals surface area contributed by atoms with Gasteiger partial charge in [0.15, 0.2) is 9.84 Å². The Morgan fingerprint density at radius 3 is 2.42 bits per heavy atom. The molecule has 0 aromatic heterocycles. The lowest BCUT2D eigenvalue weighted by atomic mass is 10.0. The first-order valence-electron chi connectivity index (χ1n) is 6.19. The maximum Gasteiger partial charge on any atom is 0.326 e. The van der Waals surface area contributed by atoms with Crippen molar-refractivity contribution in [3.63, 3.8) is 0 Å². The number of carboxylic acids is 1. The maximum atomic E-state index is 11.4. The van der Waals surface area contributed by atoms with Crippen molar-refractivity contribution >= 4 is 21.5 Å². The van der Waals surface area contributed by atoms with Crippen LogP contribution in [0.2, 0.25) is 0 Å². The highest BCUT2D eigenvalue weighted by Gasteiger charge is 2.28. The maximum absolute atomic E-state index is 11.4. The number of aliphatic carboxylic acids is 1. The number of hydrogen-bond acceptors (Lipinski definition) is 4. The third-order valence-corrected chi connectivity index (χ3v) is 4.51. The van der Waals surface area contributed by atoms with Crippen LogP contribution >= 0.6 is 0 Å². The number of sulfone groups is 1. The van der Waals surface area contributed by atoms with Gasteiger partial charge in [-0.25, -0.2) is 13.2 Å². The number of carbonyl (C=O) groups is 1. The van der Waals surface area contributed by atoms with Crippen LogP contribution in [0.4, 0.5) is 5.69 Å². The van der Waals surface area contributed by atoms with Gasteiger partial charge in [-0.1, -0.05) is 0 Å². The van der Waals surface area contributed by atoms with Crippen LogP contribution in [0.15, 0.2) is 29.2 Å². The Morgan fingerprint density at radius 2 is 1.89 bits per heavy atom. The highest BCUT2D eigenvalue weighted by atomic mass is 32.2. The van der Waals surface area contributed by atoms with E-state index < -0.39 is 21.8 Å². The van der Waals surface area contributed by atoms with E-state index in [1.165, 1.54) is 12.1 Å². The van der Waals surface area contributed by atoms with Gasteiger partial charge in [0.1, 0.15) is 6.04 Å². The number of anilines is 1. The van der Waals surface area contributed by atoms with Crippen LogP contribution in [-0.4, -0.2) is 38.3 Å². The molecule has 19 heavy (non-hydrogen) atoms. The van der Waals surface area contributed by atoms with Crippen molar-refractivity contribution in [3.05, 3.63) is 24.3 Å². The van der Waals surface area contributed by atoms with Gasteiger partial charge < -0.3 is 10.0 Å². The smallest absolute Gasteiger partial charge is 0.326 e. The minimum atomic E-state index is -3.22. The second-order valence-corrected chi connectivity index (χ2v) is 6.83. The summed E-state index contributed by atoms with van der Waals surface area (Å²) in [5.41, 5.74) is 0.763. The number of piperidine rings is 1. The average molecular weight is 283 g/mol. The van der Waals surface area contributed by atoms with Crippen molar-refractivity contribution in [2.75, 3.05) is 17.7 Å². The zero-order chi connectivity index (χ0) is 14.0. The molecule has 1 unspecified atom stereocenters. The molecule has 1 aliphatic rings. The number of rotatable bonds is 3. The van der Waals surface area contributed by atoms with E-state index in [4.69, 9.17) is 0 Å². The van der Waals surface area contributed by atoms with E-state index >= 15 is 0 Å². The van der Waals surface area contributed by atoms with Crippen LogP contribution in [0.5, 0.6) is 0 Å². The Kier molecular flexibility index (Phi) is 3.80. The summed E-state index contributed by atoms with van der Waals surface area (Å²) in [5.74, 6) is -0.827. The minimum absolute atomic E-state index is 0.250. The van der Waals surface area contributed by atoms with Crippen LogP contribution in [0.25, 0.3) is 0 Å². The standard InChI is InChI=1S/C13H17NO4S/c1-19(17,18)11-7-5-10(6-8-11)14-9-3-2-4-12(14)13(15)16/h5-8,12H,2-4,9H2,1H3,(H,15,16). The number of hydrogen-bond donors (Lipinski definition) is 1. The van der Waals surface area contributed by atoms with Gasteiger partial charge >= 0.3 is 5.97 Å². The first-order valence-corrected chi connectivity index (χ1v) is 8.08. The fraction of sp³-hybridized carbons (Fsp3) is 0.462. The van der Waals surface area contributed by atoms with Gasteiger partial charge in [-0.3, -0.25) is 0 Å². The third kappa shape index (κ3) is 3.07. The predicted octanol–water partition coefficient (Wildman–Crippen LogP) is 1.53. The molecule has 0 aliphatic carbocycles. The largest absolute Gasteiger partial charge is 0.480 e. The van der Waals surface area contributed by atoms with Crippen molar-refractivity contribution in [2.24, 2.45) is 0 Å². The summed E-state index contributed by atoms with van der Waals surface area (Å²) in [6.45, 7) is 0.690. The topological polar surface area (TPSA) is 74.7 Å². The number of benzene rings is 1. The lowest BCUT2D eigenvalue weighted by Crippen LogP contribution is -2.44. The molecule has 1 fully saturated rings. The van der Waals surface area contributed by atoms with Crippen LogP contribution in [0.3, 0.4) is 0 Å². The van der Waals surface area contributed by atoms with E-state index in [0.717, 1.165) is 24.8 Å². The van der Waals surface area contributed by atoms with Gasteiger partial charge in [0.05, 0.1) is 4.90 Å². The molecule has 0 radical (unpaired) electrons. The summed E-state index contributed by atoms with van der Waals surface area (Å²) in [5, 5.41) is 9.22. The molecule has 1 N–H and O–H groups in total. The Hall–Kier alpha value is -1.56. The lowest BCUT2D eigenvalue weighted by Gasteiger charge is -2.34. The second-order valence-electron chi connectivity index (χ2n) is 4.81. The van der Waals surface area contributed by atoms with Crippen LogP contribution in [-0.2, 0) is 14.6 Å². The molecule has 0 spiro atoms. The molecule has 2 rings (SSSR count). The van der Waals surface area contributed by atoms with Crippen molar-refractivity contribution in [1.82, 2.24) is 0 Å². The van der Waals surface area contributed by atoms with Gasteiger partial charge in [-0.2, -0.15) is 0 Å². The fourth-order valence-corrected chi connectivity index (χ4v) is 3.01. The molecular formula is C13H17NO4S. The molecule has 0 saturated carbocycles. The van der Waals surface area contributed by atoms with Crippen molar-refractivity contribution in [3.8, 4) is 0 Å². The van der Waals surface area contributed by atoms with Crippen molar-refractivity contribution in [2.45, 2.75) is 30.2 Å².